The van der Waals surface area contributed by atoms with Gasteiger partial charge < -0.3 is 24.5 Å². The molecule has 0 bridgehead atoms. The second kappa shape index (κ2) is 11.2. The van der Waals surface area contributed by atoms with Crippen LogP contribution in [0.25, 0.3) is 0 Å². The van der Waals surface area contributed by atoms with Gasteiger partial charge in [-0.25, -0.2) is 4.79 Å². The van der Waals surface area contributed by atoms with Crippen LogP contribution in [0.15, 0.2) is 42.9 Å². The van der Waals surface area contributed by atoms with Gasteiger partial charge in [-0.2, -0.15) is 13.2 Å². The van der Waals surface area contributed by atoms with Crippen molar-refractivity contribution in [2.45, 2.75) is 56.5 Å². The first-order valence-corrected chi connectivity index (χ1v) is 10.9. The second-order valence-corrected chi connectivity index (χ2v) is 8.13. The SMILES string of the molecule is COC(=O)[C@@H]1CC(Oc2ccccc2)CN1C(=O)C(CCCCC(F)(F)F)n1cnc([N+](=O)[O-])c1. The molecular weight excluding hydrogens is 473 g/mol. The number of unbranched alkanes of at least 4 members (excludes halogenated alkanes) is 1. The third kappa shape index (κ3) is 6.93. The lowest BCUT2D eigenvalue weighted by Crippen LogP contribution is -2.44. The maximum atomic E-state index is 13.6. The molecule has 13 heteroatoms. The number of halogens is 3. The van der Waals surface area contributed by atoms with E-state index in [1.807, 2.05) is 6.07 Å². The molecule has 1 saturated heterocycles. The van der Waals surface area contributed by atoms with E-state index >= 15 is 0 Å². The molecule has 2 unspecified atom stereocenters. The van der Waals surface area contributed by atoms with Crippen molar-refractivity contribution in [3.8, 4) is 5.75 Å². The highest BCUT2D eigenvalue weighted by Crippen LogP contribution is 2.30. The molecule has 2 heterocycles. The van der Waals surface area contributed by atoms with Crippen molar-refractivity contribution in [3.05, 3.63) is 53.0 Å². The normalized spacial score (nSPS) is 18.8. The molecule has 2 aromatic rings. The Morgan fingerprint density at radius 1 is 1.26 bits per heavy atom. The number of imidazole rings is 1. The largest absolute Gasteiger partial charge is 0.488 e. The predicted molar refractivity (Wildman–Crippen MR) is 115 cm³/mol. The van der Waals surface area contributed by atoms with Crippen LogP contribution in [0.5, 0.6) is 5.75 Å². The number of alkyl halides is 3. The number of carbonyl (C=O) groups excluding carboxylic acids is 2. The zero-order valence-corrected chi connectivity index (χ0v) is 18.9. The van der Waals surface area contributed by atoms with Crippen LogP contribution in [0.4, 0.5) is 19.0 Å². The molecule has 0 N–H and O–H groups in total. The zero-order chi connectivity index (χ0) is 25.6. The smallest absolute Gasteiger partial charge is 0.389 e. The van der Waals surface area contributed by atoms with Crippen LogP contribution in [0.2, 0.25) is 0 Å². The number of amides is 1. The Morgan fingerprint density at radius 2 is 1.97 bits per heavy atom. The molecule has 0 aliphatic carbocycles. The van der Waals surface area contributed by atoms with Crippen LogP contribution in [0, 0.1) is 10.1 Å². The topological polar surface area (TPSA) is 117 Å². The number of para-hydroxylation sites is 1. The fourth-order valence-electron chi connectivity index (χ4n) is 4.02. The minimum absolute atomic E-state index is 0.0303. The van der Waals surface area contributed by atoms with Gasteiger partial charge in [-0.3, -0.25) is 9.36 Å². The summed E-state index contributed by atoms with van der Waals surface area (Å²) in [6, 6.07) is 6.74. The minimum Gasteiger partial charge on any atom is -0.488 e. The third-order valence-electron chi connectivity index (χ3n) is 5.67. The number of hydrogen-bond donors (Lipinski definition) is 0. The van der Waals surface area contributed by atoms with Crippen LogP contribution in [-0.4, -0.2) is 63.2 Å². The summed E-state index contributed by atoms with van der Waals surface area (Å²) in [5.41, 5.74) is 0. The molecule has 1 aliphatic heterocycles. The molecule has 190 valence electrons. The van der Waals surface area contributed by atoms with E-state index in [2.05, 4.69) is 4.98 Å². The van der Waals surface area contributed by atoms with Crippen molar-refractivity contribution in [2.24, 2.45) is 0 Å². The number of ether oxygens (including phenoxy) is 2. The van der Waals surface area contributed by atoms with Crippen molar-refractivity contribution in [1.29, 1.82) is 0 Å². The Kier molecular flexibility index (Phi) is 8.30. The molecule has 1 aliphatic rings. The average molecular weight is 498 g/mol. The van der Waals surface area contributed by atoms with Gasteiger partial charge in [0, 0.05) is 12.8 Å². The van der Waals surface area contributed by atoms with Crippen LogP contribution in [-0.2, 0) is 14.3 Å². The minimum atomic E-state index is -4.33. The number of nitro groups is 1. The standard InChI is InChI=1S/C22H25F3N4O6/c1-34-21(31)18-11-16(35-15-7-3-2-4-8-15)12-28(18)20(30)17(9-5-6-10-22(23,24)25)27-13-19(26-14-27)29(32)33/h2-4,7-8,13-14,16-18H,5-6,9-12H2,1H3/t16?,17?,18-/m0/s1. The lowest BCUT2D eigenvalue weighted by atomic mass is 10.1. The second-order valence-electron chi connectivity index (χ2n) is 8.13. The van der Waals surface area contributed by atoms with Crippen molar-refractivity contribution in [3.63, 3.8) is 0 Å². The highest BCUT2D eigenvalue weighted by atomic mass is 19.4. The van der Waals surface area contributed by atoms with E-state index in [0.717, 1.165) is 12.5 Å². The molecule has 3 atom stereocenters. The van der Waals surface area contributed by atoms with Gasteiger partial charge in [0.25, 0.3) is 0 Å². The van der Waals surface area contributed by atoms with E-state index in [1.54, 1.807) is 24.3 Å². The van der Waals surface area contributed by atoms with Gasteiger partial charge in [-0.1, -0.05) is 24.6 Å². The van der Waals surface area contributed by atoms with Crippen molar-refractivity contribution in [2.75, 3.05) is 13.7 Å². The van der Waals surface area contributed by atoms with Gasteiger partial charge in [0.05, 0.1) is 13.7 Å². The third-order valence-corrected chi connectivity index (χ3v) is 5.67. The van der Waals surface area contributed by atoms with Gasteiger partial charge in [0.15, 0.2) is 0 Å². The Bertz CT molecular complexity index is 1030. The molecule has 35 heavy (non-hydrogen) atoms. The molecule has 0 saturated carbocycles. The van der Waals surface area contributed by atoms with Crippen molar-refractivity contribution < 1.29 is 37.2 Å². The maximum absolute atomic E-state index is 13.6. The highest BCUT2D eigenvalue weighted by Gasteiger charge is 2.44. The van der Waals surface area contributed by atoms with Gasteiger partial charge in [-0.05, 0) is 34.9 Å². The maximum Gasteiger partial charge on any atom is 0.389 e. The lowest BCUT2D eigenvalue weighted by Gasteiger charge is -2.27. The van der Waals surface area contributed by atoms with Crippen LogP contribution >= 0.6 is 0 Å². The number of nitrogens with zero attached hydrogens (tertiary/aromatic N) is 4. The monoisotopic (exact) mass is 498 g/mol. The number of esters is 1. The van der Waals surface area contributed by atoms with Gasteiger partial charge in [-0.15, -0.1) is 0 Å². The summed E-state index contributed by atoms with van der Waals surface area (Å²) >= 11 is 0. The number of carbonyl (C=O) groups is 2. The van der Waals surface area contributed by atoms with Crippen LogP contribution in [0.1, 0.15) is 38.1 Å². The quantitative estimate of drug-likeness (QED) is 0.212. The molecule has 0 spiro atoms. The molecule has 10 nitrogen and oxygen atoms in total. The molecular formula is C22H25F3N4O6. The van der Waals surface area contributed by atoms with E-state index in [4.69, 9.17) is 9.47 Å². The summed E-state index contributed by atoms with van der Waals surface area (Å²) in [6.07, 6.45) is -3.81. The fourth-order valence-corrected chi connectivity index (χ4v) is 4.02. The van der Waals surface area contributed by atoms with Crippen LogP contribution in [0.3, 0.4) is 0 Å². The first kappa shape index (κ1) is 26.0. The predicted octanol–water partition coefficient (Wildman–Crippen LogP) is 3.68. The molecule has 3 rings (SSSR count). The molecule has 0 radical (unpaired) electrons. The molecule has 1 aromatic heterocycles. The van der Waals surface area contributed by atoms with Gasteiger partial charge in [0.2, 0.25) is 12.2 Å². The number of aromatic nitrogens is 2. The van der Waals surface area contributed by atoms with E-state index in [-0.39, 0.29) is 32.2 Å². The molecule has 1 aromatic carbocycles. The summed E-state index contributed by atoms with van der Waals surface area (Å²) < 4.78 is 49.7. The van der Waals surface area contributed by atoms with Gasteiger partial charge in [0.1, 0.15) is 30.1 Å². The first-order valence-electron chi connectivity index (χ1n) is 10.9. The molecule has 1 amide bonds. The van der Waals surface area contributed by atoms with Gasteiger partial charge >= 0.3 is 18.0 Å². The lowest BCUT2D eigenvalue weighted by molar-refractivity contribution is -0.389. The summed E-state index contributed by atoms with van der Waals surface area (Å²) in [4.78, 5) is 41.3. The average Bonchev–Trinajstić information content (AvgIpc) is 3.46. The molecule has 1 fully saturated rings. The van der Waals surface area contributed by atoms with Crippen molar-refractivity contribution >= 4 is 17.7 Å². The van der Waals surface area contributed by atoms with E-state index in [1.165, 1.54) is 16.6 Å². The fraction of sp³-hybridized carbons (Fsp3) is 0.500. The van der Waals surface area contributed by atoms with Crippen LogP contribution < -0.4 is 4.74 Å². The van der Waals surface area contributed by atoms with E-state index < -0.39 is 53.4 Å². The Labute approximate surface area is 198 Å². The summed E-state index contributed by atoms with van der Waals surface area (Å²) in [5.74, 6) is -1.21. The summed E-state index contributed by atoms with van der Waals surface area (Å²) in [7, 11) is 1.18. The van der Waals surface area contributed by atoms with E-state index in [9.17, 15) is 32.9 Å². The Balaban J connectivity index is 1.81. The van der Waals surface area contributed by atoms with Crippen molar-refractivity contribution in [1.82, 2.24) is 14.5 Å². The number of likely N-dealkylation sites (tertiary alicyclic amines) is 1. The number of hydrogen-bond acceptors (Lipinski definition) is 7. The Morgan fingerprint density at radius 3 is 2.57 bits per heavy atom. The highest BCUT2D eigenvalue weighted by molar-refractivity contribution is 5.87. The number of methoxy groups -OCH3 is 1. The number of rotatable bonds is 10. The van der Waals surface area contributed by atoms with E-state index in [0.29, 0.717) is 5.75 Å². The first-order chi connectivity index (χ1) is 16.6. The number of benzene rings is 1. The summed E-state index contributed by atoms with van der Waals surface area (Å²) in [6.45, 7) is 0.0311. The summed E-state index contributed by atoms with van der Waals surface area (Å²) in [5, 5.41) is 11.1. The Hall–Kier alpha value is -3.64. The zero-order valence-electron chi connectivity index (χ0n) is 18.9.